The highest BCUT2D eigenvalue weighted by molar-refractivity contribution is 9.11. The molecule has 0 bridgehead atoms. The molecule has 0 unspecified atom stereocenters. The Hall–Kier alpha value is -1.89. The van der Waals surface area contributed by atoms with Crippen molar-refractivity contribution in [2.24, 2.45) is 5.10 Å². The van der Waals surface area contributed by atoms with Crippen LogP contribution in [0.3, 0.4) is 0 Å². The Morgan fingerprint density at radius 2 is 2.08 bits per heavy atom. The zero-order chi connectivity index (χ0) is 17.9. The largest absolute Gasteiger partial charge is 0.494 e. The molecule has 1 aromatic heterocycles. The van der Waals surface area contributed by atoms with E-state index in [1.807, 2.05) is 6.07 Å². The summed E-state index contributed by atoms with van der Waals surface area (Å²) in [6.45, 7) is 1.68. The Bertz CT molecular complexity index is 848. The molecule has 1 aromatic carbocycles. The predicted octanol–water partition coefficient (Wildman–Crippen LogP) is 3.81. The van der Waals surface area contributed by atoms with Crippen molar-refractivity contribution in [2.75, 3.05) is 12.8 Å². The highest BCUT2D eigenvalue weighted by Crippen LogP contribution is 2.34. The van der Waals surface area contributed by atoms with Crippen LogP contribution in [-0.2, 0) is 0 Å². The summed E-state index contributed by atoms with van der Waals surface area (Å²) < 4.78 is 6.74. The number of ether oxygens (including phenoxy) is 1. The summed E-state index contributed by atoms with van der Waals surface area (Å²) in [6.07, 6.45) is 1.50. The number of nitrogen functional groups attached to an aromatic ring is 1. The molecule has 0 spiro atoms. The normalized spacial score (nSPS) is 10.6. The molecule has 0 saturated carbocycles. The lowest BCUT2D eigenvalue weighted by Crippen LogP contribution is -2.17. The number of thiophene rings is 1. The number of methoxy groups -OCH3 is 1. The molecule has 3 N–H and O–H groups in total. The van der Waals surface area contributed by atoms with Crippen molar-refractivity contribution < 1.29 is 9.53 Å². The van der Waals surface area contributed by atoms with Crippen molar-refractivity contribution in [3.8, 4) is 11.8 Å². The summed E-state index contributed by atoms with van der Waals surface area (Å²) in [5, 5.41) is 13.3. The van der Waals surface area contributed by atoms with Gasteiger partial charge < -0.3 is 10.5 Å². The molecule has 0 aliphatic rings. The van der Waals surface area contributed by atoms with E-state index >= 15 is 0 Å². The Labute approximate surface area is 159 Å². The van der Waals surface area contributed by atoms with Crippen molar-refractivity contribution in [1.29, 1.82) is 5.26 Å². The van der Waals surface area contributed by atoms with Gasteiger partial charge in [0, 0.05) is 0 Å². The molecule has 0 aliphatic heterocycles. The third-order valence-corrected chi connectivity index (χ3v) is 5.39. The number of carbonyl (C=O) groups excluding carboxylic acids is 1. The minimum Gasteiger partial charge on any atom is -0.494 e. The van der Waals surface area contributed by atoms with Crippen LogP contribution < -0.4 is 15.9 Å². The van der Waals surface area contributed by atoms with E-state index in [4.69, 9.17) is 15.7 Å². The van der Waals surface area contributed by atoms with Crippen LogP contribution in [0, 0.1) is 18.3 Å². The summed E-state index contributed by atoms with van der Waals surface area (Å²) in [4.78, 5) is 12.5. The third-order valence-electron chi connectivity index (χ3n) is 3.10. The zero-order valence-electron chi connectivity index (χ0n) is 12.7. The Morgan fingerprint density at radius 3 is 2.58 bits per heavy atom. The number of hydrogen-bond acceptors (Lipinski definition) is 6. The fraction of sp³-hybridized carbons (Fsp3) is 0.133. The van der Waals surface area contributed by atoms with E-state index in [2.05, 4.69) is 42.4 Å². The van der Waals surface area contributed by atoms with Crippen molar-refractivity contribution in [1.82, 2.24) is 5.43 Å². The summed E-state index contributed by atoms with van der Waals surface area (Å²) in [7, 11) is 1.57. The van der Waals surface area contributed by atoms with Crippen LogP contribution in [0.25, 0.3) is 0 Å². The van der Waals surface area contributed by atoms with Gasteiger partial charge in [0.2, 0.25) is 0 Å². The van der Waals surface area contributed by atoms with E-state index in [1.54, 1.807) is 26.2 Å². The number of anilines is 1. The molecule has 2 aromatic rings. The molecular weight excluding hydrogens is 460 g/mol. The number of nitrogens with two attached hydrogens (primary N) is 1. The number of rotatable bonds is 4. The van der Waals surface area contributed by atoms with Crippen LogP contribution in [0.4, 0.5) is 5.00 Å². The van der Waals surface area contributed by atoms with E-state index < -0.39 is 5.91 Å². The maximum Gasteiger partial charge on any atom is 0.281 e. The molecule has 0 radical (unpaired) electrons. The molecule has 0 atom stereocenters. The summed E-state index contributed by atoms with van der Waals surface area (Å²) in [5.74, 6) is 0.262. The SMILES string of the molecule is COc1c(Br)cc(C=NNC(=O)c2sc(N)c(C#N)c2C)cc1Br. The average Bonchev–Trinajstić information content (AvgIpc) is 2.81. The van der Waals surface area contributed by atoms with Crippen LogP contribution in [-0.4, -0.2) is 19.2 Å². The molecule has 0 fully saturated rings. The topological polar surface area (TPSA) is 100 Å². The number of nitrogens with zero attached hydrogens (tertiary/aromatic N) is 2. The van der Waals surface area contributed by atoms with E-state index in [-0.39, 0.29) is 0 Å². The minimum absolute atomic E-state index is 0.326. The smallest absolute Gasteiger partial charge is 0.281 e. The van der Waals surface area contributed by atoms with E-state index in [9.17, 15) is 4.79 Å². The second-order valence-corrected chi connectivity index (χ2v) is 7.39. The van der Waals surface area contributed by atoms with Gasteiger partial charge in [0.25, 0.3) is 5.91 Å². The second-order valence-electron chi connectivity index (χ2n) is 4.62. The number of benzene rings is 1. The Kier molecular flexibility index (Phi) is 5.99. The molecule has 0 saturated heterocycles. The first-order chi connectivity index (χ1) is 11.4. The third kappa shape index (κ3) is 3.77. The first-order valence-corrected chi connectivity index (χ1v) is 8.94. The van der Waals surface area contributed by atoms with Crippen molar-refractivity contribution >= 4 is 60.3 Å². The van der Waals surface area contributed by atoms with E-state index in [1.165, 1.54) is 6.21 Å². The molecular formula is C15H12Br2N4O2S. The fourth-order valence-electron chi connectivity index (χ4n) is 1.96. The number of hydrazone groups is 1. The van der Waals surface area contributed by atoms with Gasteiger partial charge in [-0.3, -0.25) is 4.79 Å². The number of nitrogens with one attached hydrogen (secondary N) is 1. The average molecular weight is 472 g/mol. The Balaban J connectivity index is 2.15. The number of amides is 1. The van der Waals surface area contributed by atoms with Gasteiger partial charge in [0.05, 0.1) is 27.8 Å². The first kappa shape index (κ1) is 18.4. The molecule has 9 heteroatoms. The quantitative estimate of drug-likeness (QED) is 0.522. The highest BCUT2D eigenvalue weighted by Gasteiger charge is 2.18. The number of nitriles is 1. The maximum atomic E-state index is 12.2. The van der Waals surface area contributed by atoms with Crippen LogP contribution in [0.2, 0.25) is 0 Å². The van der Waals surface area contributed by atoms with Gasteiger partial charge in [-0.15, -0.1) is 11.3 Å². The van der Waals surface area contributed by atoms with E-state index in [0.717, 1.165) is 25.8 Å². The molecule has 1 heterocycles. The van der Waals surface area contributed by atoms with Crippen molar-refractivity contribution in [2.45, 2.75) is 6.92 Å². The maximum absolute atomic E-state index is 12.2. The molecule has 2 rings (SSSR count). The lowest BCUT2D eigenvalue weighted by molar-refractivity contribution is 0.0958. The second kappa shape index (κ2) is 7.79. The fourth-order valence-corrected chi connectivity index (χ4v) is 4.42. The zero-order valence-corrected chi connectivity index (χ0v) is 16.7. The molecule has 0 aliphatic carbocycles. The van der Waals surface area contributed by atoms with Crippen LogP contribution in [0.5, 0.6) is 5.75 Å². The standard InChI is InChI=1S/C15H12Br2N4O2S/c1-7-9(5-18)14(19)24-13(7)15(22)21-20-6-8-3-10(16)12(23-2)11(17)4-8/h3-4,6H,19H2,1-2H3,(H,21,22). The summed E-state index contributed by atoms with van der Waals surface area (Å²) in [6, 6.07) is 5.60. The molecule has 24 heavy (non-hydrogen) atoms. The van der Waals surface area contributed by atoms with Crippen LogP contribution in [0.15, 0.2) is 26.2 Å². The summed E-state index contributed by atoms with van der Waals surface area (Å²) >= 11 is 7.86. The number of carbonyl (C=O) groups is 1. The van der Waals surface area contributed by atoms with Gasteiger partial charge in [0.15, 0.2) is 0 Å². The summed E-state index contributed by atoms with van der Waals surface area (Å²) in [5.41, 5.74) is 9.81. The highest BCUT2D eigenvalue weighted by atomic mass is 79.9. The van der Waals surface area contributed by atoms with Crippen molar-refractivity contribution in [3.05, 3.63) is 42.6 Å². The van der Waals surface area contributed by atoms with Gasteiger partial charge in [0.1, 0.15) is 21.7 Å². The minimum atomic E-state index is -0.409. The van der Waals surface area contributed by atoms with Gasteiger partial charge in [-0.05, 0) is 62.0 Å². The molecule has 6 nitrogen and oxygen atoms in total. The van der Waals surface area contributed by atoms with E-state index in [0.29, 0.717) is 26.8 Å². The van der Waals surface area contributed by atoms with Gasteiger partial charge in [-0.2, -0.15) is 10.4 Å². The molecule has 1 amide bonds. The number of halogens is 2. The first-order valence-electron chi connectivity index (χ1n) is 6.54. The van der Waals surface area contributed by atoms with Crippen LogP contribution >= 0.6 is 43.2 Å². The lowest BCUT2D eigenvalue weighted by atomic mass is 10.2. The Morgan fingerprint density at radius 1 is 1.46 bits per heavy atom. The van der Waals surface area contributed by atoms with Crippen molar-refractivity contribution in [3.63, 3.8) is 0 Å². The monoisotopic (exact) mass is 470 g/mol. The number of hydrogen-bond donors (Lipinski definition) is 2. The van der Waals surface area contributed by atoms with Crippen LogP contribution in [0.1, 0.15) is 26.4 Å². The van der Waals surface area contributed by atoms with Gasteiger partial charge >= 0.3 is 0 Å². The van der Waals surface area contributed by atoms with Gasteiger partial charge in [-0.1, -0.05) is 0 Å². The predicted molar refractivity (Wildman–Crippen MR) is 102 cm³/mol. The lowest BCUT2D eigenvalue weighted by Gasteiger charge is -2.06. The van der Waals surface area contributed by atoms with Gasteiger partial charge in [-0.25, -0.2) is 5.43 Å². The molecule has 124 valence electrons.